The van der Waals surface area contributed by atoms with Gasteiger partial charge in [0.1, 0.15) is 6.10 Å². The minimum atomic E-state index is -1.66. The van der Waals surface area contributed by atoms with E-state index < -0.39 is 18.0 Å². The molecule has 5 nitrogen and oxygen atoms in total. The molecule has 0 aromatic rings. The molecule has 0 bridgehead atoms. The van der Waals surface area contributed by atoms with Gasteiger partial charge in [0.25, 0.3) is 0 Å². The molecule has 66 valence electrons. The van der Waals surface area contributed by atoms with Crippen LogP contribution in [0.5, 0.6) is 0 Å². The molecular formula is C6H13NO4. The van der Waals surface area contributed by atoms with E-state index in [2.05, 4.69) is 0 Å². The Morgan fingerprint density at radius 2 is 2.27 bits per heavy atom. The third-order valence-electron chi connectivity index (χ3n) is 1.87. The van der Waals surface area contributed by atoms with Gasteiger partial charge in [0, 0.05) is 13.0 Å². The molecular weight excluding hydrogens is 150 g/mol. The number of nitrogens with two attached hydrogens (primary N) is 1. The number of hydrogen-bond acceptors (Lipinski definition) is 5. The first-order chi connectivity index (χ1) is 5.12. The summed E-state index contributed by atoms with van der Waals surface area (Å²) in [6.07, 6.45) is -1.27. The SMILES string of the molecule is NCC1(O)OC(CO)CC1O. The molecule has 1 saturated heterocycles. The highest BCUT2D eigenvalue weighted by Crippen LogP contribution is 2.27. The van der Waals surface area contributed by atoms with Crippen LogP contribution in [-0.2, 0) is 4.74 Å². The van der Waals surface area contributed by atoms with Gasteiger partial charge < -0.3 is 25.8 Å². The molecule has 0 saturated carbocycles. The average Bonchev–Trinajstić information content (AvgIpc) is 2.29. The lowest BCUT2D eigenvalue weighted by molar-refractivity contribution is -0.222. The first-order valence-corrected chi connectivity index (χ1v) is 3.51. The highest BCUT2D eigenvalue weighted by molar-refractivity contribution is 4.88. The lowest BCUT2D eigenvalue weighted by Gasteiger charge is -2.23. The highest BCUT2D eigenvalue weighted by atomic mass is 16.7. The Bertz CT molecular complexity index is 143. The van der Waals surface area contributed by atoms with E-state index in [9.17, 15) is 10.2 Å². The maximum atomic E-state index is 9.36. The summed E-state index contributed by atoms with van der Waals surface area (Å²) < 4.78 is 4.89. The number of aliphatic hydroxyl groups is 3. The fourth-order valence-electron chi connectivity index (χ4n) is 1.14. The molecule has 1 heterocycles. The quantitative estimate of drug-likeness (QED) is 0.369. The van der Waals surface area contributed by atoms with E-state index in [0.29, 0.717) is 0 Å². The zero-order valence-electron chi connectivity index (χ0n) is 6.10. The molecule has 5 N–H and O–H groups in total. The Kier molecular flexibility index (Phi) is 2.46. The maximum Gasteiger partial charge on any atom is 0.205 e. The van der Waals surface area contributed by atoms with Crippen LogP contribution in [0.4, 0.5) is 0 Å². The Morgan fingerprint density at radius 1 is 1.64 bits per heavy atom. The first-order valence-electron chi connectivity index (χ1n) is 3.51. The van der Waals surface area contributed by atoms with Crippen LogP contribution >= 0.6 is 0 Å². The smallest absolute Gasteiger partial charge is 0.205 e. The van der Waals surface area contributed by atoms with Crippen LogP contribution in [-0.4, -0.2) is 46.5 Å². The van der Waals surface area contributed by atoms with E-state index in [1.165, 1.54) is 0 Å². The van der Waals surface area contributed by atoms with Gasteiger partial charge in [-0.2, -0.15) is 0 Å². The number of ether oxygens (including phenoxy) is 1. The van der Waals surface area contributed by atoms with Crippen molar-refractivity contribution in [2.24, 2.45) is 5.73 Å². The van der Waals surface area contributed by atoms with Crippen LogP contribution in [0.15, 0.2) is 0 Å². The topological polar surface area (TPSA) is 95.9 Å². The Labute approximate surface area is 64.4 Å². The molecule has 3 atom stereocenters. The molecule has 1 rings (SSSR count). The zero-order valence-corrected chi connectivity index (χ0v) is 6.10. The molecule has 0 aliphatic carbocycles. The van der Waals surface area contributed by atoms with Crippen molar-refractivity contribution in [1.29, 1.82) is 0 Å². The molecule has 0 radical (unpaired) electrons. The number of aliphatic hydroxyl groups excluding tert-OH is 2. The molecule has 0 spiro atoms. The summed E-state index contributed by atoms with van der Waals surface area (Å²) in [6, 6.07) is 0. The van der Waals surface area contributed by atoms with Crippen LogP contribution < -0.4 is 5.73 Å². The zero-order chi connectivity index (χ0) is 8.48. The van der Waals surface area contributed by atoms with E-state index >= 15 is 0 Å². The summed E-state index contributed by atoms with van der Waals surface area (Å²) in [7, 11) is 0. The molecule has 3 unspecified atom stereocenters. The largest absolute Gasteiger partial charge is 0.394 e. The standard InChI is InChI=1S/C6H13NO4/c7-3-6(10)5(9)1-4(2-8)11-6/h4-5,8-10H,1-3,7H2. The van der Waals surface area contributed by atoms with E-state index in [1.54, 1.807) is 0 Å². The second kappa shape index (κ2) is 3.04. The lowest BCUT2D eigenvalue weighted by atomic mass is 10.1. The van der Waals surface area contributed by atoms with E-state index in [-0.39, 0.29) is 19.6 Å². The van der Waals surface area contributed by atoms with Crippen LogP contribution in [0.25, 0.3) is 0 Å². The van der Waals surface area contributed by atoms with Crippen molar-refractivity contribution in [3.63, 3.8) is 0 Å². The van der Waals surface area contributed by atoms with Crippen LogP contribution in [0.2, 0.25) is 0 Å². The predicted molar refractivity (Wildman–Crippen MR) is 36.6 cm³/mol. The molecule has 1 aliphatic rings. The van der Waals surface area contributed by atoms with Gasteiger partial charge in [-0.05, 0) is 0 Å². The molecule has 0 aromatic heterocycles. The monoisotopic (exact) mass is 163 g/mol. The Balaban J connectivity index is 2.57. The van der Waals surface area contributed by atoms with Gasteiger partial charge >= 0.3 is 0 Å². The number of hydrogen-bond donors (Lipinski definition) is 4. The third-order valence-corrected chi connectivity index (χ3v) is 1.87. The van der Waals surface area contributed by atoms with Gasteiger partial charge in [-0.3, -0.25) is 0 Å². The minimum Gasteiger partial charge on any atom is -0.394 e. The molecule has 5 heteroatoms. The fraction of sp³-hybridized carbons (Fsp3) is 1.00. The van der Waals surface area contributed by atoms with E-state index in [4.69, 9.17) is 15.6 Å². The second-order valence-electron chi connectivity index (χ2n) is 2.72. The van der Waals surface area contributed by atoms with Crippen molar-refractivity contribution in [3.8, 4) is 0 Å². The summed E-state index contributed by atoms with van der Waals surface area (Å²) in [5, 5.41) is 27.2. The minimum absolute atomic E-state index is 0.162. The maximum absolute atomic E-state index is 9.36. The Hall–Kier alpha value is -0.200. The molecule has 1 aliphatic heterocycles. The van der Waals surface area contributed by atoms with Crippen molar-refractivity contribution in [1.82, 2.24) is 0 Å². The third kappa shape index (κ3) is 1.52. The number of rotatable bonds is 2. The van der Waals surface area contributed by atoms with E-state index in [0.717, 1.165) is 0 Å². The van der Waals surface area contributed by atoms with Crippen molar-refractivity contribution >= 4 is 0 Å². The summed E-state index contributed by atoms with van der Waals surface area (Å²) in [6.45, 7) is -0.371. The van der Waals surface area contributed by atoms with Crippen molar-refractivity contribution in [2.75, 3.05) is 13.2 Å². The second-order valence-corrected chi connectivity index (χ2v) is 2.72. The van der Waals surface area contributed by atoms with Gasteiger partial charge in [-0.1, -0.05) is 0 Å². The Morgan fingerprint density at radius 3 is 2.55 bits per heavy atom. The normalized spacial score (nSPS) is 44.7. The van der Waals surface area contributed by atoms with Gasteiger partial charge in [0.05, 0.1) is 12.7 Å². The van der Waals surface area contributed by atoms with Gasteiger partial charge in [0.15, 0.2) is 0 Å². The summed E-state index contributed by atoms with van der Waals surface area (Å²) in [5.41, 5.74) is 5.16. The van der Waals surface area contributed by atoms with Crippen molar-refractivity contribution in [3.05, 3.63) is 0 Å². The fourth-order valence-corrected chi connectivity index (χ4v) is 1.14. The van der Waals surface area contributed by atoms with E-state index in [1.807, 2.05) is 0 Å². The van der Waals surface area contributed by atoms with Crippen LogP contribution in [0.3, 0.4) is 0 Å². The molecule has 0 amide bonds. The molecule has 11 heavy (non-hydrogen) atoms. The summed E-state index contributed by atoms with van der Waals surface area (Å²) in [5.74, 6) is -1.66. The van der Waals surface area contributed by atoms with Crippen LogP contribution in [0, 0.1) is 0 Å². The summed E-state index contributed by atoms with van der Waals surface area (Å²) >= 11 is 0. The van der Waals surface area contributed by atoms with Crippen molar-refractivity contribution < 1.29 is 20.1 Å². The molecule has 0 aromatic carbocycles. The lowest BCUT2D eigenvalue weighted by Crippen LogP contribution is -2.46. The summed E-state index contributed by atoms with van der Waals surface area (Å²) in [4.78, 5) is 0. The highest BCUT2D eigenvalue weighted by Gasteiger charge is 2.45. The first kappa shape index (κ1) is 8.89. The van der Waals surface area contributed by atoms with Crippen LogP contribution in [0.1, 0.15) is 6.42 Å². The van der Waals surface area contributed by atoms with Gasteiger partial charge in [0.2, 0.25) is 5.79 Å². The predicted octanol–water partition coefficient (Wildman–Crippen LogP) is -2.22. The van der Waals surface area contributed by atoms with Gasteiger partial charge in [-0.15, -0.1) is 0 Å². The molecule has 1 fully saturated rings. The van der Waals surface area contributed by atoms with Crippen molar-refractivity contribution in [2.45, 2.75) is 24.4 Å². The van der Waals surface area contributed by atoms with Gasteiger partial charge in [-0.25, -0.2) is 0 Å². The average molecular weight is 163 g/mol.